The number of carbonyl (C=O) groups excluding carboxylic acids is 2. The number of rotatable bonds is 6. The monoisotopic (exact) mass is 354 g/mol. The molecule has 2 rings (SSSR count). The summed E-state index contributed by atoms with van der Waals surface area (Å²) in [5, 5.41) is 12.8. The lowest BCUT2D eigenvalue weighted by molar-refractivity contribution is -0.402. The number of ether oxygens (including phenoxy) is 1. The fourth-order valence-electron chi connectivity index (χ4n) is 1.95. The van der Waals surface area contributed by atoms with Crippen molar-refractivity contribution in [3.05, 3.63) is 63.4 Å². The predicted molar refractivity (Wildman–Crippen MR) is 78.6 cm³/mol. The number of halogens is 2. The van der Waals surface area contributed by atoms with Crippen LogP contribution in [0.4, 0.5) is 14.7 Å². The molecule has 0 unspecified atom stereocenters. The highest BCUT2D eigenvalue weighted by Gasteiger charge is 2.20. The van der Waals surface area contributed by atoms with Gasteiger partial charge in [0.15, 0.2) is 6.61 Å². The van der Waals surface area contributed by atoms with Crippen molar-refractivity contribution in [2.24, 2.45) is 0 Å². The Hall–Kier alpha value is -3.30. The van der Waals surface area contributed by atoms with Crippen molar-refractivity contribution in [1.82, 2.24) is 5.32 Å². The topological polar surface area (TPSA) is 112 Å². The fourth-order valence-corrected chi connectivity index (χ4v) is 1.95. The Balaban J connectivity index is 1.89. The zero-order valence-electron chi connectivity index (χ0n) is 12.8. The molecule has 0 fully saturated rings. The number of amides is 1. The summed E-state index contributed by atoms with van der Waals surface area (Å²) >= 11 is 0. The first-order valence-corrected chi connectivity index (χ1v) is 6.93. The highest BCUT2D eigenvalue weighted by atomic mass is 19.1. The van der Waals surface area contributed by atoms with E-state index in [0.29, 0.717) is 6.07 Å². The quantitative estimate of drug-likeness (QED) is 0.485. The molecule has 8 nitrogen and oxygen atoms in total. The van der Waals surface area contributed by atoms with E-state index in [0.717, 1.165) is 18.2 Å². The van der Waals surface area contributed by atoms with Gasteiger partial charge in [0, 0.05) is 11.6 Å². The fraction of sp³-hybridized carbons (Fsp3) is 0.200. The maximum Gasteiger partial charge on any atom is 0.433 e. The van der Waals surface area contributed by atoms with Gasteiger partial charge < -0.3 is 14.5 Å². The minimum absolute atomic E-state index is 0.0581. The van der Waals surface area contributed by atoms with Gasteiger partial charge in [0.25, 0.3) is 5.91 Å². The van der Waals surface area contributed by atoms with Gasteiger partial charge >= 0.3 is 11.9 Å². The number of hydrogen-bond acceptors (Lipinski definition) is 6. The van der Waals surface area contributed by atoms with Gasteiger partial charge in [0.1, 0.15) is 16.6 Å². The van der Waals surface area contributed by atoms with E-state index in [4.69, 9.17) is 0 Å². The molecule has 0 aliphatic rings. The van der Waals surface area contributed by atoms with Gasteiger partial charge in [-0.15, -0.1) is 0 Å². The van der Waals surface area contributed by atoms with Gasteiger partial charge in [-0.05, 0) is 19.1 Å². The van der Waals surface area contributed by atoms with Crippen LogP contribution in [-0.2, 0) is 9.53 Å². The van der Waals surface area contributed by atoms with Crippen LogP contribution in [0.5, 0.6) is 0 Å². The van der Waals surface area contributed by atoms with E-state index in [9.17, 15) is 28.5 Å². The van der Waals surface area contributed by atoms with Crippen LogP contribution in [0.15, 0.2) is 34.7 Å². The van der Waals surface area contributed by atoms with Crippen LogP contribution in [0.2, 0.25) is 0 Å². The second-order valence-corrected chi connectivity index (χ2v) is 4.93. The third kappa shape index (κ3) is 4.59. The van der Waals surface area contributed by atoms with Gasteiger partial charge in [-0.25, -0.2) is 13.6 Å². The largest absolute Gasteiger partial charge is 0.450 e. The van der Waals surface area contributed by atoms with Crippen molar-refractivity contribution in [3.8, 4) is 0 Å². The molecule has 0 spiro atoms. The normalized spacial score (nSPS) is 11.6. The molecule has 0 aliphatic heterocycles. The zero-order chi connectivity index (χ0) is 18.6. The lowest BCUT2D eigenvalue weighted by atomic mass is 10.1. The molecular formula is C15H12F2N2O6. The van der Waals surface area contributed by atoms with E-state index >= 15 is 0 Å². The maximum absolute atomic E-state index is 13.6. The Morgan fingerprint density at radius 1 is 1.32 bits per heavy atom. The summed E-state index contributed by atoms with van der Waals surface area (Å²) in [5.74, 6) is -4.46. The number of esters is 1. The third-order valence-corrected chi connectivity index (χ3v) is 3.11. The SMILES string of the molecule is C[C@@H](NC(=O)COC(=O)c1ccc([N+](=O)[O-])o1)c1ccc(F)cc1F. The van der Waals surface area contributed by atoms with Crippen molar-refractivity contribution < 1.29 is 32.4 Å². The molecule has 0 bridgehead atoms. The minimum atomic E-state index is -1.07. The van der Waals surface area contributed by atoms with E-state index in [1.807, 2.05) is 0 Å². The molecule has 1 aromatic carbocycles. The summed E-state index contributed by atoms with van der Waals surface area (Å²) < 4.78 is 35.7. The van der Waals surface area contributed by atoms with Gasteiger partial charge in [-0.3, -0.25) is 14.9 Å². The minimum Gasteiger partial charge on any atom is -0.450 e. The van der Waals surface area contributed by atoms with Gasteiger partial charge in [0.05, 0.1) is 12.1 Å². The second kappa shape index (κ2) is 7.51. The van der Waals surface area contributed by atoms with Crippen LogP contribution in [0.1, 0.15) is 29.1 Å². The first kappa shape index (κ1) is 18.0. The molecule has 10 heteroatoms. The zero-order valence-corrected chi connectivity index (χ0v) is 12.8. The number of nitrogens with zero attached hydrogens (tertiary/aromatic N) is 1. The van der Waals surface area contributed by atoms with Crippen LogP contribution in [0.25, 0.3) is 0 Å². The van der Waals surface area contributed by atoms with Crippen LogP contribution in [0.3, 0.4) is 0 Å². The number of carbonyl (C=O) groups is 2. The van der Waals surface area contributed by atoms with Gasteiger partial charge in [-0.1, -0.05) is 6.07 Å². The van der Waals surface area contributed by atoms with E-state index < -0.39 is 52.7 Å². The lowest BCUT2D eigenvalue weighted by Crippen LogP contribution is -2.31. The van der Waals surface area contributed by atoms with Crippen molar-refractivity contribution >= 4 is 17.8 Å². The first-order valence-electron chi connectivity index (χ1n) is 6.93. The molecule has 1 atom stereocenters. The average molecular weight is 354 g/mol. The van der Waals surface area contributed by atoms with E-state index in [1.165, 1.54) is 13.0 Å². The summed E-state index contributed by atoms with van der Waals surface area (Å²) in [7, 11) is 0. The molecule has 0 radical (unpaired) electrons. The number of benzene rings is 1. The van der Waals surface area contributed by atoms with Crippen LogP contribution in [-0.4, -0.2) is 23.4 Å². The Bertz CT molecular complexity index is 820. The number of furan rings is 1. The molecule has 1 aromatic heterocycles. The number of nitro groups is 1. The summed E-state index contributed by atoms with van der Waals surface area (Å²) in [6.07, 6.45) is 0. The van der Waals surface area contributed by atoms with Gasteiger partial charge in [-0.2, -0.15) is 0 Å². The van der Waals surface area contributed by atoms with Crippen LogP contribution in [0, 0.1) is 21.7 Å². The molecule has 0 saturated heterocycles. The van der Waals surface area contributed by atoms with Crippen molar-refractivity contribution in [3.63, 3.8) is 0 Å². The van der Waals surface area contributed by atoms with E-state index in [1.54, 1.807) is 0 Å². The van der Waals surface area contributed by atoms with Crippen LogP contribution >= 0.6 is 0 Å². The van der Waals surface area contributed by atoms with E-state index in [2.05, 4.69) is 14.5 Å². The smallest absolute Gasteiger partial charge is 0.433 e. The van der Waals surface area contributed by atoms with Crippen molar-refractivity contribution in [2.45, 2.75) is 13.0 Å². The number of hydrogen-bond donors (Lipinski definition) is 1. The average Bonchev–Trinajstić information content (AvgIpc) is 3.02. The van der Waals surface area contributed by atoms with E-state index in [-0.39, 0.29) is 5.56 Å². The Labute approximate surface area is 139 Å². The maximum atomic E-state index is 13.6. The highest BCUT2D eigenvalue weighted by Crippen LogP contribution is 2.18. The second-order valence-electron chi connectivity index (χ2n) is 4.93. The Morgan fingerprint density at radius 2 is 2.04 bits per heavy atom. The predicted octanol–water partition coefficient (Wildman–Crippen LogP) is 2.50. The molecule has 0 aliphatic carbocycles. The first-order chi connectivity index (χ1) is 11.8. The number of nitrogens with one attached hydrogen (secondary N) is 1. The molecule has 0 saturated carbocycles. The molecule has 2 aromatic rings. The molecule has 1 heterocycles. The standard InChI is InChI=1S/C15H12F2N2O6/c1-8(10-3-2-9(16)6-11(10)17)18-13(20)7-24-15(21)12-4-5-14(25-12)19(22)23/h2-6,8H,7H2,1H3,(H,18,20)/t8-/m1/s1. The Morgan fingerprint density at radius 3 is 2.64 bits per heavy atom. The lowest BCUT2D eigenvalue weighted by Gasteiger charge is -2.15. The molecular weight excluding hydrogens is 342 g/mol. The summed E-state index contributed by atoms with van der Waals surface area (Å²) in [6, 6.07) is 4.12. The molecule has 1 amide bonds. The van der Waals surface area contributed by atoms with Crippen LogP contribution < -0.4 is 5.32 Å². The summed E-state index contributed by atoms with van der Waals surface area (Å²) in [6.45, 7) is 0.756. The molecule has 25 heavy (non-hydrogen) atoms. The third-order valence-electron chi connectivity index (χ3n) is 3.11. The van der Waals surface area contributed by atoms with Crippen molar-refractivity contribution in [1.29, 1.82) is 0 Å². The highest BCUT2D eigenvalue weighted by molar-refractivity contribution is 5.89. The van der Waals surface area contributed by atoms with Gasteiger partial charge in [0.2, 0.25) is 5.76 Å². The molecule has 132 valence electrons. The Kier molecular flexibility index (Phi) is 5.42. The van der Waals surface area contributed by atoms with Crippen molar-refractivity contribution in [2.75, 3.05) is 6.61 Å². The summed E-state index contributed by atoms with van der Waals surface area (Å²) in [5.41, 5.74) is 0.0581. The molecule has 1 N–H and O–H groups in total. The summed E-state index contributed by atoms with van der Waals surface area (Å²) in [4.78, 5) is 33.0.